The molecule has 5 atom stereocenters. The van der Waals surface area contributed by atoms with E-state index in [0.29, 0.717) is 25.5 Å². The van der Waals surface area contributed by atoms with Crippen LogP contribution in [0.5, 0.6) is 5.75 Å². The molecule has 3 amide bonds. The summed E-state index contributed by atoms with van der Waals surface area (Å²) >= 11 is 0. The number of H-pyrrole nitrogens is 1. The van der Waals surface area contributed by atoms with E-state index in [9.17, 15) is 14.4 Å². The molecule has 2 N–H and O–H groups in total. The van der Waals surface area contributed by atoms with Gasteiger partial charge in [-0.15, -0.1) is 0 Å². The van der Waals surface area contributed by atoms with Gasteiger partial charge in [0.1, 0.15) is 29.8 Å². The lowest BCUT2D eigenvalue weighted by atomic mass is 9.90. The van der Waals surface area contributed by atoms with E-state index in [2.05, 4.69) is 57.7 Å². The van der Waals surface area contributed by atoms with E-state index in [1.807, 2.05) is 40.8 Å². The number of likely N-dealkylation sites (tertiary alicyclic amines) is 2. The van der Waals surface area contributed by atoms with Gasteiger partial charge < -0.3 is 29.4 Å². The number of carbonyl (C=O) groups excluding carboxylic acids is 3. The number of hydrogen-bond donors (Lipinski definition) is 2. The Bertz CT molecular complexity index is 2310. The zero-order chi connectivity index (χ0) is 39.7. The molecule has 0 radical (unpaired) electrons. The number of aliphatic imine (C=N–C) groups is 1. The van der Waals surface area contributed by atoms with Gasteiger partial charge in [-0.25, -0.2) is 14.6 Å². The molecule has 0 spiro atoms. The summed E-state index contributed by atoms with van der Waals surface area (Å²) in [6.07, 6.45) is 7.43. The first-order valence-electron chi connectivity index (χ1n) is 20.5. The van der Waals surface area contributed by atoms with Gasteiger partial charge in [0, 0.05) is 30.3 Å². The van der Waals surface area contributed by atoms with Crippen molar-refractivity contribution < 1.29 is 28.6 Å². The maximum atomic E-state index is 14.3. The molecule has 2 saturated heterocycles. The van der Waals surface area contributed by atoms with E-state index >= 15 is 0 Å². The number of hydrogen-bond acceptors (Lipinski definition) is 8. The number of aromatic amines is 1. The first-order chi connectivity index (χ1) is 27.4. The lowest BCUT2D eigenvalue weighted by Crippen LogP contribution is -2.56. The molecular formula is C45H52N6O6. The van der Waals surface area contributed by atoms with Crippen molar-refractivity contribution in [1.82, 2.24) is 25.1 Å². The summed E-state index contributed by atoms with van der Waals surface area (Å²) in [4.78, 5) is 56.8. The van der Waals surface area contributed by atoms with Crippen LogP contribution in [0.2, 0.25) is 0 Å². The fourth-order valence-corrected chi connectivity index (χ4v) is 9.90. The molecule has 4 aliphatic heterocycles. The maximum Gasteiger partial charge on any atom is 0.410 e. The predicted molar refractivity (Wildman–Crippen MR) is 218 cm³/mol. The SMILES string of the molecule is COC(=O)N[C@H](C(=O)N1[C@H](C2=Nc3ccc4cc5c(cc4c3C2)OCc2cc(-c3cnc(C4CCCN4C(=O)OC(C)(C)C)[nH]3)ccc2-5)C[C@@H]2CCC[C@@H]21)C(C)C. The minimum absolute atomic E-state index is 0.0470. The number of carbonyl (C=O) groups is 3. The van der Waals surface area contributed by atoms with E-state index in [1.165, 1.54) is 7.11 Å². The Balaban J connectivity index is 0.957. The quantitative estimate of drug-likeness (QED) is 0.200. The number of alkyl carbamates (subject to hydrolysis) is 1. The summed E-state index contributed by atoms with van der Waals surface area (Å²) in [5.74, 6) is 1.91. The fraction of sp³-hybridized carbons (Fsp3) is 0.489. The first-order valence-corrected chi connectivity index (χ1v) is 20.5. The molecule has 1 saturated carbocycles. The third-order valence-corrected chi connectivity index (χ3v) is 12.6. The van der Waals surface area contributed by atoms with Crippen LogP contribution in [0, 0.1) is 11.8 Å². The van der Waals surface area contributed by atoms with Crippen LogP contribution in [0.3, 0.4) is 0 Å². The molecule has 3 fully saturated rings. The van der Waals surface area contributed by atoms with Gasteiger partial charge in [0.2, 0.25) is 5.91 Å². The minimum atomic E-state index is -0.669. The number of rotatable bonds is 6. The summed E-state index contributed by atoms with van der Waals surface area (Å²) in [5, 5.41) is 5.05. The van der Waals surface area contributed by atoms with Crippen molar-refractivity contribution in [2.45, 2.75) is 116 Å². The van der Waals surface area contributed by atoms with Crippen molar-refractivity contribution in [3.05, 3.63) is 65.6 Å². The highest BCUT2D eigenvalue weighted by atomic mass is 16.6. The lowest BCUT2D eigenvalue weighted by molar-refractivity contribution is -0.136. The number of amides is 3. The molecule has 298 valence electrons. The smallest absolute Gasteiger partial charge is 0.410 e. The van der Waals surface area contributed by atoms with Crippen molar-refractivity contribution in [3.8, 4) is 28.1 Å². The molecule has 0 bridgehead atoms. The third kappa shape index (κ3) is 6.70. The van der Waals surface area contributed by atoms with Gasteiger partial charge in [0.05, 0.1) is 36.8 Å². The zero-order valence-electron chi connectivity index (χ0n) is 33.7. The monoisotopic (exact) mass is 772 g/mol. The summed E-state index contributed by atoms with van der Waals surface area (Å²) in [7, 11) is 1.33. The number of nitrogens with zero attached hydrogens (tertiary/aromatic N) is 4. The maximum absolute atomic E-state index is 14.3. The molecule has 1 aliphatic carbocycles. The Kier molecular flexibility index (Phi) is 9.28. The highest BCUT2D eigenvalue weighted by Gasteiger charge is 2.50. The lowest BCUT2D eigenvalue weighted by Gasteiger charge is -2.34. The van der Waals surface area contributed by atoms with Crippen LogP contribution in [0.1, 0.15) is 96.1 Å². The third-order valence-electron chi connectivity index (χ3n) is 12.6. The number of methoxy groups -OCH3 is 1. The highest BCUT2D eigenvalue weighted by Crippen LogP contribution is 2.47. The van der Waals surface area contributed by atoms with Gasteiger partial charge in [-0.05, 0) is 122 Å². The van der Waals surface area contributed by atoms with Gasteiger partial charge in [-0.3, -0.25) is 14.7 Å². The molecule has 5 heterocycles. The number of ether oxygens (including phenoxy) is 3. The Morgan fingerprint density at radius 1 is 1.00 bits per heavy atom. The average molecular weight is 773 g/mol. The number of nitrogens with one attached hydrogen (secondary N) is 2. The van der Waals surface area contributed by atoms with E-state index in [4.69, 9.17) is 24.2 Å². The van der Waals surface area contributed by atoms with E-state index in [-0.39, 0.29) is 36.0 Å². The van der Waals surface area contributed by atoms with Gasteiger partial charge in [0.15, 0.2) is 0 Å². The van der Waals surface area contributed by atoms with Crippen LogP contribution in [-0.2, 0) is 27.3 Å². The van der Waals surface area contributed by atoms with E-state index < -0.39 is 17.7 Å². The molecular weight excluding hydrogens is 721 g/mol. The molecule has 3 aromatic carbocycles. The second-order valence-electron chi connectivity index (χ2n) is 17.7. The molecule has 4 aromatic rings. The van der Waals surface area contributed by atoms with Gasteiger partial charge in [-0.2, -0.15) is 0 Å². The summed E-state index contributed by atoms with van der Waals surface area (Å²) in [5.41, 5.74) is 7.75. The molecule has 1 unspecified atom stereocenters. The van der Waals surface area contributed by atoms with Crippen LogP contribution < -0.4 is 10.1 Å². The number of fused-ring (bicyclic) bond motifs is 7. The molecule has 5 aliphatic rings. The standard InChI is InChI=1S/C45H52N6O6/c1-24(2)40(49-43(53)55-6)42(52)51-36-10-7-9-27(36)19-38(51)34-20-31-30-21-39-32(18-25(30)13-15-33(31)47-34)29-14-12-26(17-28(29)23-56-39)35-22-46-41(48-35)37-11-8-16-50(37)44(54)57-45(3,4)5/h12-15,17-18,21-22,24,27,36-38,40H,7-11,16,19-20,23H2,1-6H3,(H,46,48)(H,49,53)/t27-,36-,37?,38-,40-/m0/s1. The Labute approximate surface area is 333 Å². The second kappa shape index (κ2) is 14.2. The summed E-state index contributed by atoms with van der Waals surface area (Å²) in [6, 6.07) is 14.3. The van der Waals surface area contributed by atoms with Crippen molar-refractivity contribution in [2.24, 2.45) is 16.8 Å². The van der Waals surface area contributed by atoms with Crippen molar-refractivity contribution in [1.29, 1.82) is 0 Å². The number of benzene rings is 3. The van der Waals surface area contributed by atoms with Gasteiger partial charge >= 0.3 is 12.2 Å². The second-order valence-corrected chi connectivity index (χ2v) is 17.7. The van der Waals surface area contributed by atoms with Crippen molar-refractivity contribution in [2.75, 3.05) is 13.7 Å². The topological polar surface area (TPSA) is 138 Å². The van der Waals surface area contributed by atoms with E-state index in [0.717, 1.165) is 106 Å². The summed E-state index contributed by atoms with van der Waals surface area (Å²) in [6.45, 7) is 10.7. The normalized spacial score (nSPS) is 22.8. The Hall–Kier alpha value is -5.39. The van der Waals surface area contributed by atoms with Crippen LogP contribution in [0.4, 0.5) is 15.3 Å². The highest BCUT2D eigenvalue weighted by molar-refractivity contribution is 6.07. The zero-order valence-corrected chi connectivity index (χ0v) is 33.7. The van der Waals surface area contributed by atoms with Gasteiger partial charge in [0.25, 0.3) is 0 Å². The Morgan fingerprint density at radius 3 is 2.63 bits per heavy atom. The summed E-state index contributed by atoms with van der Waals surface area (Å²) < 4.78 is 17.0. The average Bonchev–Trinajstić information content (AvgIpc) is 4.02. The molecule has 12 heteroatoms. The van der Waals surface area contributed by atoms with Crippen LogP contribution in [0.15, 0.2) is 53.7 Å². The van der Waals surface area contributed by atoms with Crippen LogP contribution >= 0.6 is 0 Å². The number of imidazole rings is 1. The van der Waals surface area contributed by atoms with Crippen LogP contribution in [-0.4, -0.2) is 81.0 Å². The van der Waals surface area contributed by atoms with Gasteiger partial charge in [-0.1, -0.05) is 38.5 Å². The van der Waals surface area contributed by atoms with Crippen molar-refractivity contribution in [3.63, 3.8) is 0 Å². The fourth-order valence-electron chi connectivity index (χ4n) is 9.90. The minimum Gasteiger partial charge on any atom is -0.488 e. The van der Waals surface area contributed by atoms with Crippen LogP contribution in [0.25, 0.3) is 33.2 Å². The predicted octanol–water partition coefficient (Wildman–Crippen LogP) is 8.64. The first kappa shape index (κ1) is 37.2. The largest absolute Gasteiger partial charge is 0.488 e. The Morgan fingerprint density at radius 2 is 1.84 bits per heavy atom. The molecule has 1 aromatic heterocycles. The molecule has 12 nitrogen and oxygen atoms in total. The van der Waals surface area contributed by atoms with Crippen molar-refractivity contribution >= 4 is 40.3 Å². The molecule has 9 rings (SSSR count). The molecule has 57 heavy (non-hydrogen) atoms. The van der Waals surface area contributed by atoms with E-state index in [1.54, 1.807) is 4.90 Å². The number of aromatic nitrogens is 2.